The van der Waals surface area contributed by atoms with Gasteiger partial charge in [-0.3, -0.25) is 4.79 Å². The molecule has 0 aliphatic heterocycles. The van der Waals surface area contributed by atoms with Gasteiger partial charge in [-0.1, -0.05) is 19.1 Å². The fourth-order valence-corrected chi connectivity index (χ4v) is 2.64. The van der Waals surface area contributed by atoms with Crippen LogP contribution < -0.4 is 11.1 Å². The van der Waals surface area contributed by atoms with Gasteiger partial charge in [0.05, 0.1) is 23.6 Å². The topological polar surface area (TPSA) is 67.6 Å². The molecule has 1 fully saturated rings. The molecule has 0 atom stereocenters. The Morgan fingerprint density at radius 3 is 2.58 bits per heavy atom. The van der Waals surface area contributed by atoms with Gasteiger partial charge in [0.1, 0.15) is 0 Å². The molecule has 0 bridgehead atoms. The number of nitrogens with two attached hydrogens (primary N) is 1. The van der Waals surface area contributed by atoms with Crippen LogP contribution in [0.2, 0.25) is 0 Å². The van der Waals surface area contributed by atoms with Crippen molar-refractivity contribution in [1.82, 2.24) is 10.2 Å². The van der Waals surface area contributed by atoms with E-state index in [0.717, 1.165) is 19.4 Å². The van der Waals surface area contributed by atoms with Crippen LogP contribution >= 0.6 is 12.2 Å². The lowest BCUT2D eigenvalue weighted by atomic mass is 9.62. The van der Waals surface area contributed by atoms with Gasteiger partial charge in [-0.05, 0) is 32.9 Å². The van der Waals surface area contributed by atoms with E-state index < -0.39 is 5.41 Å². The van der Waals surface area contributed by atoms with E-state index in [1.807, 2.05) is 14.1 Å². The third-order valence-electron chi connectivity index (χ3n) is 3.51. The highest BCUT2D eigenvalue weighted by Gasteiger charge is 2.50. The minimum absolute atomic E-state index is 0.0469. The summed E-state index contributed by atoms with van der Waals surface area (Å²) in [5.41, 5.74) is 5.10. The molecule has 0 unspecified atom stereocenters. The lowest BCUT2D eigenvalue weighted by Crippen LogP contribution is -2.56. The van der Waals surface area contributed by atoms with E-state index in [-0.39, 0.29) is 5.91 Å². The van der Waals surface area contributed by atoms with Crippen molar-refractivity contribution in [2.45, 2.75) is 19.8 Å². The first-order valence-corrected chi connectivity index (χ1v) is 7.10. The van der Waals surface area contributed by atoms with Crippen molar-refractivity contribution in [2.24, 2.45) is 17.1 Å². The zero-order chi connectivity index (χ0) is 14.5. The van der Waals surface area contributed by atoms with Crippen LogP contribution in [-0.2, 0) is 9.53 Å². The summed E-state index contributed by atoms with van der Waals surface area (Å²) in [4.78, 5) is 14.5. The molecule has 6 heteroatoms. The summed E-state index contributed by atoms with van der Waals surface area (Å²) in [5.74, 6) is 0.470. The van der Waals surface area contributed by atoms with Crippen molar-refractivity contribution in [1.29, 1.82) is 0 Å². The molecule has 0 saturated heterocycles. The summed E-state index contributed by atoms with van der Waals surface area (Å²) in [5, 5.41) is 2.87. The molecular formula is C13H25N3O2S. The van der Waals surface area contributed by atoms with E-state index in [2.05, 4.69) is 17.1 Å². The van der Waals surface area contributed by atoms with E-state index in [4.69, 9.17) is 22.7 Å². The van der Waals surface area contributed by atoms with Gasteiger partial charge in [0, 0.05) is 13.1 Å². The number of thiocarbonyl (C=S) groups is 1. The molecule has 3 N–H and O–H groups in total. The maximum atomic E-state index is 12.1. The summed E-state index contributed by atoms with van der Waals surface area (Å²) in [6.07, 6.45) is 1.52. The van der Waals surface area contributed by atoms with Crippen LogP contribution in [0, 0.1) is 11.3 Å². The summed E-state index contributed by atoms with van der Waals surface area (Å²) in [6.45, 7) is 4.67. The lowest BCUT2D eigenvalue weighted by molar-refractivity contribution is -0.133. The van der Waals surface area contributed by atoms with E-state index in [1.165, 1.54) is 0 Å². The Labute approximate surface area is 120 Å². The normalized spacial score (nSPS) is 26.0. The highest BCUT2D eigenvalue weighted by Crippen LogP contribution is 2.45. The number of carbonyl (C=O) groups excluding carboxylic acids is 1. The first-order valence-electron chi connectivity index (χ1n) is 6.69. The summed E-state index contributed by atoms with van der Waals surface area (Å²) in [7, 11) is 3.99. The number of carbonyl (C=O) groups is 1. The molecule has 5 nitrogen and oxygen atoms in total. The van der Waals surface area contributed by atoms with Crippen molar-refractivity contribution in [3.8, 4) is 0 Å². The molecule has 0 aromatic rings. The first kappa shape index (κ1) is 16.3. The molecule has 0 spiro atoms. The van der Waals surface area contributed by atoms with Crippen LogP contribution in [0.15, 0.2) is 0 Å². The third-order valence-corrected chi connectivity index (χ3v) is 3.91. The summed E-state index contributed by atoms with van der Waals surface area (Å²) >= 11 is 5.04. The van der Waals surface area contributed by atoms with Crippen molar-refractivity contribution in [3.05, 3.63) is 0 Å². The molecule has 1 rings (SSSR count). The molecular weight excluding hydrogens is 262 g/mol. The predicted molar refractivity (Wildman–Crippen MR) is 80.0 cm³/mol. The number of nitrogens with zero attached hydrogens (tertiary/aromatic N) is 1. The average Bonchev–Trinajstić information content (AvgIpc) is 2.28. The van der Waals surface area contributed by atoms with E-state index in [9.17, 15) is 4.79 Å². The zero-order valence-corrected chi connectivity index (χ0v) is 12.9. The quantitative estimate of drug-likeness (QED) is 0.499. The Bertz CT molecular complexity index is 328. The Balaban J connectivity index is 2.22. The van der Waals surface area contributed by atoms with Crippen LogP contribution in [0.5, 0.6) is 0 Å². The fraction of sp³-hybridized carbons (Fsp3) is 0.846. The number of amides is 1. The second-order valence-corrected chi connectivity index (χ2v) is 6.07. The Morgan fingerprint density at radius 2 is 2.11 bits per heavy atom. The summed E-state index contributed by atoms with van der Waals surface area (Å²) < 4.78 is 5.42. The van der Waals surface area contributed by atoms with Crippen molar-refractivity contribution in [2.75, 3.05) is 40.4 Å². The Hall–Kier alpha value is -0.720. The van der Waals surface area contributed by atoms with E-state index in [0.29, 0.717) is 30.7 Å². The van der Waals surface area contributed by atoms with Gasteiger partial charge >= 0.3 is 0 Å². The van der Waals surface area contributed by atoms with Crippen LogP contribution in [-0.4, -0.2) is 56.2 Å². The van der Waals surface area contributed by atoms with Gasteiger partial charge in [0.25, 0.3) is 0 Å². The second kappa shape index (κ2) is 7.17. The predicted octanol–water partition coefficient (Wildman–Crippen LogP) is 0.383. The maximum absolute atomic E-state index is 12.1. The number of hydrogen-bond acceptors (Lipinski definition) is 4. The molecule has 0 radical (unpaired) electrons. The lowest BCUT2D eigenvalue weighted by Gasteiger charge is -2.44. The smallest absolute Gasteiger partial charge is 0.233 e. The molecule has 0 aromatic heterocycles. The third kappa shape index (κ3) is 4.40. The Morgan fingerprint density at radius 1 is 1.47 bits per heavy atom. The molecule has 110 valence electrons. The molecule has 19 heavy (non-hydrogen) atoms. The molecule has 1 saturated carbocycles. The average molecular weight is 287 g/mol. The van der Waals surface area contributed by atoms with Crippen molar-refractivity contribution >= 4 is 23.1 Å². The molecule has 1 aliphatic rings. The van der Waals surface area contributed by atoms with E-state index >= 15 is 0 Å². The summed E-state index contributed by atoms with van der Waals surface area (Å²) in [6, 6.07) is 0. The first-order chi connectivity index (χ1) is 8.88. The molecule has 1 aliphatic carbocycles. The monoisotopic (exact) mass is 287 g/mol. The number of hydrogen-bond donors (Lipinski definition) is 2. The number of ether oxygens (including phenoxy) is 1. The standard InChI is InChI=1S/C13H25N3O2S/c1-10-8-13(9-10,11(14)19)12(17)15-4-6-18-7-5-16(2)3/h10H,4-9H2,1-3H3,(H2,14,19)(H,15,17). The van der Waals surface area contributed by atoms with Gasteiger partial charge < -0.3 is 20.7 Å². The highest BCUT2D eigenvalue weighted by molar-refractivity contribution is 7.80. The number of rotatable bonds is 8. The Kier molecular flexibility index (Phi) is 6.16. The van der Waals surface area contributed by atoms with Gasteiger partial charge in [-0.15, -0.1) is 0 Å². The van der Waals surface area contributed by atoms with Crippen LogP contribution in [0.1, 0.15) is 19.8 Å². The van der Waals surface area contributed by atoms with Gasteiger partial charge in [0.2, 0.25) is 5.91 Å². The van der Waals surface area contributed by atoms with Gasteiger partial charge in [-0.25, -0.2) is 0 Å². The largest absolute Gasteiger partial charge is 0.392 e. The number of nitrogens with one attached hydrogen (secondary N) is 1. The fourth-order valence-electron chi connectivity index (χ4n) is 2.38. The van der Waals surface area contributed by atoms with Crippen LogP contribution in [0.3, 0.4) is 0 Å². The molecule has 1 amide bonds. The maximum Gasteiger partial charge on any atom is 0.233 e. The molecule has 0 aromatic carbocycles. The minimum atomic E-state index is -0.613. The van der Waals surface area contributed by atoms with Crippen LogP contribution in [0.4, 0.5) is 0 Å². The van der Waals surface area contributed by atoms with Crippen molar-refractivity contribution < 1.29 is 9.53 Å². The van der Waals surface area contributed by atoms with E-state index in [1.54, 1.807) is 0 Å². The minimum Gasteiger partial charge on any atom is -0.392 e. The second-order valence-electron chi connectivity index (χ2n) is 5.63. The van der Waals surface area contributed by atoms with Gasteiger partial charge in [-0.2, -0.15) is 0 Å². The molecule has 0 heterocycles. The van der Waals surface area contributed by atoms with Crippen molar-refractivity contribution in [3.63, 3.8) is 0 Å². The SMILES string of the molecule is CC1CC(C(=O)NCCOCCN(C)C)(C(N)=S)C1. The van der Waals surface area contributed by atoms with Gasteiger partial charge in [0.15, 0.2) is 0 Å². The highest BCUT2D eigenvalue weighted by atomic mass is 32.1. The number of likely N-dealkylation sites (N-methyl/N-ethyl adjacent to an activating group) is 1. The van der Waals surface area contributed by atoms with Crippen LogP contribution in [0.25, 0.3) is 0 Å². The zero-order valence-electron chi connectivity index (χ0n) is 12.1.